The van der Waals surface area contributed by atoms with Gasteiger partial charge in [0.25, 0.3) is 0 Å². The Labute approximate surface area is 121 Å². The van der Waals surface area contributed by atoms with Crippen molar-refractivity contribution in [2.24, 2.45) is 5.92 Å². The molecule has 1 heterocycles. The number of benzene rings is 1. The maximum Gasteiger partial charge on any atom is 0.310 e. The summed E-state index contributed by atoms with van der Waals surface area (Å²) in [5.74, 6) is -1.25. The fourth-order valence-corrected chi connectivity index (χ4v) is 2.80. The van der Waals surface area contributed by atoms with E-state index in [1.807, 2.05) is 17.9 Å². The number of nitro benzene ring substituents is 1. The third-order valence-corrected chi connectivity index (χ3v) is 3.85. The molecule has 21 heavy (non-hydrogen) atoms. The van der Waals surface area contributed by atoms with Gasteiger partial charge < -0.3 is 10.0 Å². The largest absolute Gasteiger partial charge is 0.481 e. The van der Waals surface area contributed by atoms with Crippen molar-refractivity contribution in [2.45, 2.75) is 25.8 Å². The molecule has 0 radical (unpaired) electrons. The van der Waals surface area contributed by atoms with E-state index in [0.29, 0.717) is 25.1 Å². The lowest BCUT2D eigenvalue weighted by Gasteiger charge is -2.37. The quantitative estimate of drug-likeness (QED) is 0.674. The van der Waals surface area contributed by atoms with Crippen molar-refractivity contribution in [3.05, 3.63) is 33.9 Å². The number of para-hydroxylation sites is 1. The van der Waals surface area contributed by atoms with Crippen molar-refractivity contribution in [3.63, 3.8) is 0 Å². The van der Waals surface area contributed by atoms with E-state index in [4.69, 9.17) is 10.4 Å². The van der Waals surface area contributed by atoms with Crippen LogP contribution in [0.25, 0.3) is 0 Å². The summed E-state index contributed by atoms with van der Waals surface area (Å²) in [7, 11) is 0. The molecule has 0 aliphatic carbocycles. The highest BCUT2D eigenvalue weighted by atomic mass is 16.6. The number of anilines is 1. The number of hydrogen-bond acceptors (Lipinski definition) is 5. The zero-order chi connectivity index (χ0) is 15.6. The van der Waals surface area contributed by atoms with E-state index < -0.39 is 16.8 Å². The number of hydrogen-bond donors (Lipinski definition) is 1. The van der Waals surface area contributed by atoms with E-state index >= 15 is 0 Å². The second-order valence-electron chi connectivity index (χ2n) is 5.14. The predicted molar refractivity (Wildman–Crippen MR) is 75.0 cm³/mol. The van der Waals surface area contributed by atoms with Crippen LogP contribution in [-0.2, 0) is 4.79 Å². The molecule has 2 atom stereocenters. The van der Waals surface area contributed by atoms with Gasteiger partial charge in [-0.15, -0.1) is 0 Å². The third-order valence-electron chi connectivity index (χ3n) is 3.85. The molecule has 7 heteroatoms. The van der Waals surface area contributed by atoms with E-state index in [1.165, 1.54) is 6.07 Å². The molecule has 1 saturated heterocycles. The minimum atomic E-state index is -0.832. The molecule has 1 N–H and O–H groups in total. The van der Waals surface area contributed by atoms with Crippen LogP contribution in [0.3, 0.4) is 0 Å². The number of nitriles is 1. The zero-order valence-electron chi connectivity index (χ0n) is 11.5. The number of aliphatic carboxylic acids is 1. The van der Waals surface area contributed by atoms with Crippen molar-refractivity contribution in [3.8, 4) is 6.07 Å². The van der Waals surface area contributed by atoms with Crippen LogP contribution in [0.4, 0.5) is 11.4 Å². The molecule has 1 aromatic carbocycles. The number of piperidine rings is 1. The first-order valence-electron chi connectivity index (χ1n) is 6.62. The summed E-state index contributed by atoms with van der Waals surface area (Å²) in [5.41, 5.74) is 0.195. The number of nitro groups is 1. The molecule has 1 aromatic rings. The Hall–Kier alpha value is -2.62. The average Bonchev–Trinajstić information content (AvgIpc) is 2.46. The van der Waals surface area contributed by atoms with Crippen molar-refractivity contribution >= 4 is 17.3 Å². The number of rotatable bonds is 3. The molecule has 0 bridgehead atoms. The number of carboxylic acids is 1. The first kappa shape index (κ1) is 14.8. The van der Waals surface area contributed by atoms with E-state index in [2.05, 4.69) is 0 Å². The Kier molecular flexibility index (Phi) is 4.08. The summed E-state index contributed by atoms with van der Waals surface area (Å²) in [6.07, 6.45) is 0.872. The molecule has 0 amide bonds. The van der Waals surface area contributed by atoms with E-state index in [1.54, 1.807) is 12.1 Å². The molecule has 110 valence electrons. The molecule has 7 nitrogen and oxygen atoms in total. The molecule has 0 saturated carbocycles. The minimum Gasteiger partial charge on any atom is -0.481 e. The standard InChI is InChI=1S/C14H15N3O4/c1-9-7-10(14(18)19)5-6-16(9)12-4-2-3-11(8-15)13(12)17(20)21/h2-4,9-10H,5-7H2,1H3,(H,18,19). The van der Waals surface area contributed by atoms with Gasteiger partial charge in [-0.25, -0.2) is 0 Å². The second kappa shape index (κ2) is 5.79. The van der Waals surface area contributed by atoms with E-state index in [9.17, 15) is 14.9 Å². The van der Waals surface area contributed by atoms with Crippen molar-refractivity contribution in [2.75, 3.05) is 11.4 Å². The molecular formula is C14H15N3O4. The summed E-state index contributed by atoms with van der Waals surface area (Å²) in [6, 6.07) is 6.33. The summed E-state index contributed by atoms with van der Waals surface area (Å²) >= 11 is 0. The van der Waals surface area contributed by atoms with Gasteiger partial charge >= 0.3 is 11.7 Å². The second-order valence-corrected chi connectivity index (χ2v) is 5.14. The Morgan fingerprint density at radius 1 is 1.57 bits per heavy atom. The summed E-state index contributed by atoms with van der Waals surface area (Å²) < 4.78 is 0. The van der Waals surface area contributed by atoms with E-state index in [-0.39, 0.29) is 17.3 Å². The van der Waals surface area contributed by atoms with Gasteiger partial charge in [0.05, 0.1) is 10.8 Å². The van der Waals surface area contributed by atoms with Gasteiger partial charge in [-0.05, 0) is 31.9 Å². The van der Waals surface area contributed by atoms with Crippen molar-refractivity contribution < 1.29 is 14.8 Å². The van der Waals surface area contributed by atoms with Crippen molar-refractivity contribution in [1.29, 1.82) is 5.26 Å². The van der Waals surface area contributed by atoms with E-state index in [0.717, 1.165) is 0 Å². The normalized spacial score (nSPS) is 21.6. The molecule has 1 fully saturated rings. The van der Waals surface area contributed by atoms with Crippen LogP contribution in [0.5, 0.6) is 0 Å². The van der Waals surface area contributed by atoms with Gasteiger partial charge in [0.15, 0.2) is 0 Å². The lowest BCUT2D eigenvalue weighted by Crippen LogP contribution is -2.43. The van der Waals surface area contributed by atoms with Crippen LogP contribution in [0.2, 0.25) is 0 Å². The highest BCUT2D eigenvalue weighted by Gasteiger charge is 2.33. The predicted octanol–water partition coefficient (Wildman–Crippen LogP) is 2.16. The summed E-state index contributed by atoms with van der Waals surface area (Å²) in [5, 5.41) is 29.3. The van der Waals surface area contributed by atoms with Gasteiger partial charge in [-0.2, -0.15) is 5.26 Å². The Morgan fingerprint density at radius 3 is 2.81 bits per heavy atom. The van der Waals surface area contributed by atoms with Crippen molar-refractivity contribution in [1.82, 2.24) is 0 Å². The monoisotopic (exact) mass is 289 g/mol. The molecule has 1 aliphatic rings. The highest BCUT2D eigenvalue weighted by Crippen LogP contribution is 2.36. The molecular weight excluding hydrogens is 274 g/mol. The average molecular weight is 289 g/mol. The maximum absolute atomic E-state index is 11.3. The fourth-order valence-electron chi connectivity index (χ4n) is 2.80. The van der Waals surface area contributed by atoms with Crippen LogP contribution in [0.15, 0.2) is 18.2 Å². The number of nitrogens with zero attached hydrogens (tertiary/aromatic N) is 3. The summed E-state index contributed by atoms with van der Waals surface area (Å²) in [6.45, 7) is 2.27. The third kappa shape index (κ3) is 2.79. The fraction of sp³-hybridized carbons (Fsp3) is 0.429. The van der Waals surface area contributed by atoms with Crippen LogP contribution in [0, 0.1) is 27.4 Å². The SMILES string of the molecule is CC1CC(C(=O)O)CCN1c1cccc(C#N)c1[N+](=O)[O-]. The topological polar surface area (TPSA) is 107 Å². The molecule has 0 spiro atoms. The van der Waals surface area contributed by atoms with Gasteiger partial charge in [0, 0.05) is 12.6 Å². The van der Waals surface area contributed by atoms with Gasteiger partial charge in [0.2, 0.25) is 0 Å². The molecule has 1 aliphatic heterocycles. The molecule has 2 rings (SSSR count). The first-order chi connectivity index (χ1) is 9.95. The number of carboxylic acid groups (broad SMARTS) is 1. The Bertz CT molecular complexity index is 623. The van der Waals surface area contributed by atoms with Gasteiger partial charge in [-0.1, -0.05) is 6.07 Å². The lowest BCUT2D eigenvalue weighted by atomic mass is 9.91. The smallest absolute Gasteiger partial charge is 0.310 e. The Morgan fingerprint density at radius 2 is 2.29 bits per heavy atom. The van der Waals surface area contributed by atoms with Crippen LogP contribution < -0.4 is 4.90 Å². The van der Waals surface area contributed by atoms with Gasteiger partial charge in [-0.3, -0.25) is 14.9 Å². The summed E-state index contributed by atoms with van der Waals surface area (Å²) in [4.78, 5) is 23.6. The number of carbonyl (C=O) groups is 1. The Balaban J connectivity index is 2.37. The zero-order valence-corrected chi connectivity index (χ0v) is 11.5. The van der Waals surface area contributed by atoms with Gasteiger partial charge in [0.1, 0.15) is 17.3 Å². The highest BCUT2D eigenvalue weighted by molar-refractivity contribution is 5.73. The lowest BCUT2D eigenvalue weighted by molar-refractivity contribution is -0.384. The van der Waals surface area contributed by atoms with Crippen LogP contribution in [0.1, 0.15) is 25.3 Å². The molecule has 0 aromatic heterocycles. The molecule has 2 unspecified atom stereocenters. The minimum absolute atomic E-state index is 0.0186. The van der Waals surface area contributed by atoms with Crippen LogP contribution >= 0.6 is 0 Å². The first-order valence-corrected chi connectivity index (χ1v) is 6.62. The maximum atomic E-state index is 11.3. The van der Waals surface area contributed by atoms with Crippen LogP contribution in [-0.4, -0.2) is 28.6 Å².